The highest BCUT2D eigenvalue weighted by molar-refractivity contribution is 5.87. The van der Waals surface area contributed by atoms with Crippen LogP contribution >= 0.6 is 0 Å². The van der Waals surface area contributed by atoms with E-state index in [4.69, 9.17) is 4.74 Å². The van der Waals surface area contributed by atoms with Crippen molar-refractivity contribution in [2.24, 2.45) is 0 Å². The lowest BCUT2D eigenvalue weighted by Gasteiger charge is -2.02. The minimum Gasteiger partial charge on any atom is -0.463 e. The molecular formula is C18H16O2. The first-order valence-electron chi connectivity index (χ1n) is 6.84. The van der Waals surface area contributed by atoms with Gasteiger partial charge in [-0.15, -0.1) is 0 Å². The maximum Gasteiger partial charge on any atom is 0.330 e. The predicted octanol–water partition coefficient (Wildman–Crippen LogP) is 3.83. The molecule has 0 fully saturated rings. The second-order valence-corrected chi connectivity index (χ2v) is 4.84. The molecule has 2 aromatic carbocycles. The van der Waals surface area contributed by atoms with Crippen LogP contribution in [-0.2, 0) is 16.0 Å². The number of ether oxygens (including phenoxy) is 1. The van der Waals surface area contributed by atoms with Crippen LogP contribution in [0.15, 0.2) is 48.5 Å². The molecule has 0 heterocycles. The number of fused-ring (bicyclic) bond motifs is 3. The zero-order chi connectivity index (χ0) is 13.9. The second-order valence-electron chi connectivity index (χ2n) is 4.84. The van der Waals surface area contributed by atoms with Crippen LogP contribution in [0.5, 0.6) is 0 Å². The average molecular weight is 264 g/mol. The Labute approximate surface area is 118 Å². The number of esters is 1. The van der Waals surface area contributed by atoms with Crippen molar-refractivity contribution < 1.29 is 9.53 Å². The quantitative estimate of drug-likeness (QED) is 0.531. The molecule has 20 heavy (non-hydrogen) atoms. The van der Waals surface area contributed by atoms with Gasteiger partial charge < -0.3 is 4.74 Å². The van der Waals surface area contributed by atoms with Gasteiger partial charge in [-0.05, 0) is 47.2 Å². The molecular weight excluding hydrogens is 248 g/mol. The molecule has 0 unspecified atom stereocenters. The van der Waals surface area contributed by atoms with Crippen molar-refractivity contribution in [2.75, 3.05) is 6.61 Å². The molecule has 0 radical (unpaired) electrons. The predicted molar refractivity (Wildman–Crippen MR) is 80.4 cm³/mol. The maximum absolute atomic E-state index is 11.3. The standard InChI is InChI=1S/C18H16O2/c1-2-20-18(19)10-8-13-7-9-17-15(11-13)12-14-5-3-4-6-16(14)17/h3-11H,2,12H2,1H3/b10-8+. The molecule has 0 spiro atoms. The summed E-state index contributed by atoms with van der Waals surface area (Å²) in [5.74, 6) is -0.295. The highest BCUT2D eigenvalue weighted by Gasteiger charge is 2.17. The maximum atomic E-state index is 11.3. The summed E-state index contributed by atoms with van der Waals surface area (Å²) in [5.41, 5.74) is 6.34. The molecule has 1 aliphatic carbocycles. The molecule has 1 aliphatic rings. The minimum absolute atomic E-state index is 0.295. The molecule has 0 saturated heterocycles. The molecule has 0 amide bonds. The first-order chi connectivity index (χ1) is 9.78. The molecule has 0 saturated carbocycles. The van der Waals surface area contributed by atoms with E-state index >= 15 is 0 Å². The number of hydrogen-bond donors (Lipinski definition) is 0. The lowest BCUT2D eigenvalue weighted by molar-refractivity contribution is -0.137. The zero-order valence-corrected chi connectivity index (χ0v) is 11.4. The van der Waals surface area contributed by atoms with Gasteiger partial charge in [0.05, 0.1) is 6.61 Å². The van der Waals surface area contributed by atoms with E-state index in [-0.39, 0.29) is 5.97 Å². The fraction of sp³-hybridized carbons (Fsp3) is 0.167. The van der Waals surface area contributed by atoms with Gasteiger partial charge in [0.15, 0.2) is 0 Å². The number of rotatable bonds is 3. The third kappa shape index (κ3) is 2.37. The third-order valence-electron chi connectivity index (χ3n) is 3.52. The molecule has 0 N–H and O–H groups in total. The summed E-state index contributed by atoms with van der Waals surface area (Å²) in [6.45, 7) is 2.21. The smallest absolute Gasteiger partial charge is 0.330 e. The summed E-state index contributed by atoms with van der Waals surface area (Å²) in [4.78, 5) is 11.3. The summed E-state index contributed by atoms with van der Waals surface area (Å²) >= 11 is 0. The highest BCUT2D eigenvalue weighted by Crippen LogP contribution is 2.36. The second kappa shape index (κ2) is 5.33. The largest absolute Gasteiger partial charge is 0.463 e. The third-order valence-corrected chi connectivity index (χ3v) is 3.52. The van der Waals surface area contributed by atoms with Crippen molar-refractivity contribution in [1.82, 2.24) is 0 Å². The Morgan fingerprint density at radius 3 is 2.80 bits per heavy atom. The molecule has 2 aromatic rings. The van der Waals surface area contributed by atoms with Crippen LogP contribution in [-0.4, -0.2) is 12.6 Å². The van der Waals surface area contributed by atoms with E-state index in [0.717, 1.165) is 12.0 Å². The molecule has 3 rings (SSSR count). The van der Waals surface area contributed by atoms with E-state index in [9.17, 15) is 4.79 Å². The van der Waals surface area contributed by atoms with Gasteiger partial charge in [0, 0.05) is 6.08 Å². The van der Waals surface area contributed by atoms with Gasteiger partial charge >= 0.3 is 5.97 Å². The van der Waals surface area contributed by atoms with Gasteiger partial charge in [-0.3, -0.25) is 0 Å². The number of carbonyl (C=O) groups is 1. The molecule has 0 atom stereocenters. The van der Waals surface area contributed by atoms with E-state index in [2.05, 4.69) is 36.4 Å². The van der Waals surface area contributed by atoms with E-state index in [0.29, 0.717) is 6.61 Å². The van der Waals surface area contributed by atoms with Gasteiger partial charge in [0.2, 0.25) is 0 Å². The summed E-state index contributed by atoms with van der Waals surface area (Å²) < 4.78 is 4.88. The summed E-state index contributed by atoms with van der Waals surface area (Å²) in [6, 6.07) is 14.8. The van der Waals surface area contributed by atoms with E-state index < -0.39 is 0 Å². The van der Waals surface area contributed by atoms with Gasteiger partial charge in [-0.2, -0.15) is 0 Å². The fourth-order valence-corrected chi connectivity index (χ4v) is 2.62. The van der Waals surface area contributed by atoms with E-state index in [1.165, 1.54) is 28.3 Å². The number of benzene rings is 2. The van der Waals surface area contributed by atoms with Crippen LogP contribution in [0.4, 0.5) is 0 Å². The Morgan fingerprint density at radius 2 is 1.95 bits per heavy atom. The normalized spacial score (nSPS) is 12.2. The average Bonchev–Trinajstić information content (AvgIpc) is 2.83. The van der Waals surface area contributed by atoms with Gasteiger partial charge in [-0.1, -0.05) is 42.5 Å². The van der Waals surface area contributed by atoms with Crippen molar-refractivity contribution in [3.8, 4) is 11.1 Å². The van der Waals surface area contributed by atoms with Crippen molar-refractivity contribution in [3.63, 3.8) is 0 Å². The fourth-order valence-electron chi connectivity index (χ4n) is 2.62. The molecule has 2 heteroatoms. The van der Waals surface area contributed by atoms with Crippen molar-refractivity contribution in [1.29, 1.82) is 0 Å². The molecule has 2 nitrogen and oxygen atoms in total. The minimum atomic E-state index is -0.295. The first-order valence-corrected chi connectivity index (χ1v) is 6.84. The lowest BCUT2D eigenvalue weighted by atomic mass is 10.0. The summed E-state index contributed by atoms with van der Waals surface area (Å²) in [6.07, 6.45) is 4.25. The van der Waals surface area contributed by atoms with Gasteiger partial charge in [-0.25, -0.2) is 4.79 Å². The van der Waals surface area contributed by atoms with Crippen LogP contribution in [0.25, 0.3) is 17.2 Å². The topological polar surface area (TPSA) is 26.3 Å². The summed E-state index contributed by atoms with van der Waals surface area (Å²) in [5, 5.41) is 0. The zero-order valence-electron chi connectivity index (χ0n) is 11.4. The molecule has 0 bridgehead atoms. The lowest BCUT2D eigenvalue weighted by Crippen LogP contribution is -1.98. The van der Waals surface area contributed by atoms with Crippen LogP contribution in [0.1, 0.15) is 23.6 Å². The van der Waals surface area contributed by atoms with Crippen LogP contribution in [0.3, 0.4) is 0 Å². The number of hydrogen-bond acceptors (Lipinski definition) is 2. The van der Waals surface area contributed by atoms with Crippen LogP contribution in [0, 0.1) is 0 Å². The molecule has 100 valence electrons. The molecule has 0 aromatic heterocycles. The number of carbonyl (C=O) groups excluding carboxylic acids is 1. The summed E-state index contributed by atoms with van der Waals surface area (Å²) in [7, 11) is 0. The van der Waals surface area contributed by atoms with Crippen molar-refractivity contribution >= 4 is 12.0 Å². The monoisotopic (exact) mass is 264 g/mol. The van der Waals surface area contributed by atoms with Crippen LogP contribution < -0.4 is 0 Å². The van der Waals surface area contributed by atoms with Gasteiger partial charge in [0.25, 0.3) is 0 Å². The Kier molecular flexibility index (Phi) is 3.38. The SMILES string of the molecule is CCOC(=O)/C=C/c1ccc2c(c1)Cc1ccccc1-2. The Balaban J connectivity index is 1.86. The van der Waals surface area contributed by atoms with E-state index in [1.54, 1.807) is 13.0 Å². The van der Waals surface area contributed by atoms with Crippen molar-refractivity contribution in [3.05, 3.63) is 65.2 Å². The molecule has 0 aliphatic heterocycles. The Morgan fingerprint density at radius 1 is 1.15 bits per heavy atom. The first kappa shape index (κ1) is 12.7. The Hall–Kier alpha value is -2.35. The Bertz CT molecular complexity index is 684. The highest BCUT2D eigenvalue weighted by atomic mass is 16.5. The van der Waals surface area contributed by atoms with E-state index in [1.807, 2.05) is 6.07 Å². The van der Waals surface area contributed by atoms with Crippen LogP contribution in [0.2, 0.25) is 0 Å². The van der Waals surface area contributed by atoms with Gasteiger partial charge in [0.1, 0.15) is 0 Å². The van der Waals surface area contributed by atoms with Crippen molar-refractivity contribution in [2.45, 2.75) is 13.3 Å².